The van der Waals surface area contributed by atoms with E-state index in [1.165, 1.54) is 0 Å². The molecule has 0 radical (unpaired) electrons. The maximum Gasteiger partial charge on any atom is 0.255 e. The Morgan fingerprint density at radius 3 is 2.33 bits per heavy atom. The lowest BCUT2D eigenvalue weighted by Gasteiger charge is -2.42. The minimum absolute atomic E-state index is 0.153. The minimum Gasteiger partial charge on any atom is -0.490 e. The summed E-state index contributed by atoms with van der Waals surface area (Å²) >= 11 is 0. The maximum absolute atomic E-state index is 12.8. The fraction of sp³-hybridized carbons (Fsp3) is 0.579. The first kappa shape index (κ1) is 18.1. The molecule has 1 amide bonds. The molecule has 5 heteroatoms. The second kappa shape index (κ2) is 8.05. The second-order valence-corrected chi connectivity index (χ2v) is 6.22. The molecule has 1 aromatic carbocycles. The molecule has 5 nitrogen and oxygen atoms in total. The van der Waals surface area contributed by atoms with Crippen LogP contribution in [0.1, 0.15) is 56.3 Å². The highest BCUT2D eigenvalue weighted by molar-refractivity contribution is 5.95. The fourth-order valence-electron chi connectivity index (χ4n) is 2.72. The number of nitrogens with zero attached hydrogens (tertiary/aromatic N) is 2. The van der Waals surface area contributed by atoms with Gasteiger partial charge in [0.25, 0.3) is 5.91 Å². The molecule has 0 heterocycles. The Morgan fingerprint density at radius 2 is 1.83 bits per heavy atom. The Hall–Kier alpha value is -2.22. The predicted octanol–water partition coefficient (Wildman–Crippen LogP) is 3.78. The van der Waals surface area contributed by atoms with Crippen molar-refractivity contribution < 1.29 is 14.3 Å². The molecule has 1 aliphatic carbocycles. The average molecular weight is 330 g/mol. The maximum atomic E-state index is 12.8. The van der Waals surface area contributed by atoms with Gasteiger partial charge in [-0.25, -0.2) is 0 Å². The normalized spacial score (nSPS) is 15.1. The molecule has 0 bridgehead atoms. The number of carbonyl (C=O) groups is 1. The standard InChI is InChI=1S/C19H26N2O3/c1-4-11-23-16-8-7-15(13-17(16)24-12-5-2)18(22)21(3)19(14-20)9-6-10-19/h7-8,13H,4-6,9-12H2,1-3H3. The van der Waals surface area contributed by atoms with Crippen LogP contribution < -0.4 is 9.47 Å². The molecule has 1 saturated carbocycles. The summed E-state index contributed by atoms with van der Waals surface area (Å²) in [4.78, 5) is 14.3. The Kier molecular flexibility index (Phi) is 6.08. The van der Waals surface area contributed by atoms with Crippen LogP contribution >= 0.6 is 0 Å². The monoisotopic (exact) mass is 330 g/mol. The lowest BCUT2D eigenvalue weighted by molar-refractivity contribution is 0.0497. The van der Waals surface area contributed by atoms with Crippen molar-refractivity contribution >= 4 is 5.91 Å². The van der Waals surface area contributed by atoms with Gasteiger partial charge in [-0.05, 0) is 50.3 Å². The lowest BCUT2D eigenvalue weighted by atomic mass is 9.76. The SMILES string of the molecule is CCCOc1ccc(C(=O)N(C)C2(C#N)CCC2)cc1OCCC. The summed E-state index contributed by atoms with van der Waals surface area (Å²) in [6, 6.07) is 7.55. The van der Waals surface area contributed by atoms with Crippen LogP contribution in [0.15, 0.2) is 18.2 Å². The fourth-order valence-corrected chi connectivity index (χ4v) is 2.72. The van der Waals surface area contributed by atoms with Crippen LogP contribution in [-0.4, -0.2) is 36.6 Å². The van der Waals surface area contributed by atoms with Crippen molar-refractivity contribution in [1.82, 2.24) is 4.90 Å². The number of benzene rings is 1. The summed E-state index contributed by atoms with van der Waals surface area (Å²) in [6.07, 6.45) is 4.25. The molecule has 0 atom stereocenters. The zero-order valence-corrected chi connectivity index (χ0v) is 14.8. The van der Waals surface area contributed by atoms with Crippen LogP contribution in [0.3, 0.4) is 0 Å². The second-order valence-electron chi connectivity index (χ2n) is 6.22. The van der Waals surface area contributed by atoms with Gasteiger partial charge in [0.1, 0.15) is 5.54 Å². The van der Waals surface area contributed by atoms with E-state index in [1.807, 2.05) is 13.8 Å². The Bertz CT molecular complexity index is 618. The van der Waals surface area contributed by atoms with Crippen molar-refractivity contribution in [2.75, 3.05) is 20.3 Å². The van der Waals surface area contributed by atoms with Crippen molar-refractivity contribution in [2.45, 2.75) is 51.5 Å². The number of hydrogen-bond donors (Lipinski definition) is 0. The molecule has 0 saturated heterocycles. The molecule has 0 spiro atoms. The van der Waals surface area contributed by atoms with Crippen molar-refractivity contribution in [2.24, 2.45) is 0 Å². The highest BCUT2D eigenvalue weighted by Gasteiger charge is 2.43. The lowest BCUT2D eigenvalue weighted by Crippen LogP contribution is -2.53. The van der Waals surface area contributed by atoms with Gasteiger partial charge in [-0.15, -0.1) is 0 Å². The van der Waals surface area contributed by atoms with Gasteiger partial charge < -0.3 is 14.4 Å². The van der Waals surface area contributed by atoms with E-state index in [1.54, 1.807) is 30.1 Å². The Morgan fingerprint density at radius 1 is 1.21 bits per heavy atom. The largest absolute Gasteiger partial charge is 0.490 e. The number of amides is 1. The third kappa shape index (κ3) is 3.64. The molecular weight excluding hydrogens is 304 g/mol. The van der Waals surface area contributed by atoms with Gasteiger partial charge in [0.05, 0.1) is 19.3 Å². The van der Waals surface area contributed by atoms with E-state index in [9.17, 15) is 10.1 Å². The number of carbonyl (C=O) groups excluding carboxylic acids is 1. The minimum atomic E-state index is -0.654. The summed E-state index contributed by atoms with van der Waals surface area (Å²) in [5.41, 5.74) is -0.132. The van der Waals surface area contributed by atoms with Crippen LogP contribution in [0.25, 0.3) is 0 Å². The van der Waals surface area contributed by atoms with E-state index < -0.39 is 5.54 Å². The molecule has 0 aromatic heterocycles. The average Bonchev–Trinajstić information content (AvgIpc) is 2.57. The van der Waals surface area contributed by atoms with Crippen LogP contribution in [-0.2, 0) is 0 Å². The van der Waals surface area contributed by atoms with E-state index in [2.05, 4.69) is 6.07 Å². The number of rotatable bonds is 8. The molecule has 130 valence electrons. The summed E-state index contributed by atoms with van der Waals surface area (Å²) in [6.45, 7) is 5.24. The summed E-state index contributed by atoms with van der Waals surface area (Å²) in [5.74, 6) is 1.09. The molecule has 1 fully saturated rings. The molecule has 1 aliphatic rings. The summed E-state index contributed by atoms with van der Waals surface area (Å²) < 4.78 is 11.4. The first-order valence-electron chi connectivity index (χ1n) is 8.67. The van der Waals surface area contributed by atoms with Crippen molar-refractivity contribution in [3.8, 4) is 17.6 Å². The van der Waals surface area contributed by atoms with E-state index in [0.717, 1.165) is 32.1 Å². The zero-order valence-electron chi connectivity index (χ0n) is 14.8. The first-order valence-corrected chi connectivity index (χ1v) is 8.67. The van der Waals surface area contributed by atoms with Gasteiger partial charge in [-0.1, -0.05) is 13.8 Å². The van der Waals surface area contributed by atoms with Gasteiger partial charge in [-0.3, -0.25) is 4.79 Å². The number of ether oxygens (including phenoxy) is 2. The third-order valence-electron chi connectivity index (χ3n) is 4.45. The Labute approximate surface area is 144 Å². The smallest absolute Gasteiger partial charge is 0.255 e. The van der Waals surface area contributed by atoms with Gasteiger partial charge in [0, 0.05) is 12.6 Å². The van der Waals surface area contributed by atoms with E-state index >= 15 is 0 Å². The van der Waals surface area contributed by atoms with Gasteiger partial charge in [-0.2, -0.15) is 5.26 Å². The predicted molar refractivity (Wildman–Crippen MR) is 92.3 cm³/mol. The van der Waals surface area contributed by atoms with Crippen LogP contribution in [0.2, 0.25) is 0 Å². The van der Waals surface area contributed by atoms with E-state index in [0.29, 0.717) is 30.3 Å². The summed E-state index contributed by atoms with van der Waals surface area (Å²) in [5, 5.41) is 9.43. The summed E-state index contributed by atoms with van der Waals surface area (Å²) in [7, 11) is 1.71. The molecule has 0 unspecified atom stereocenters. The molecule has 24 heavy (non-hydrogen) atoms. The van der Waals surface area contributed by atoms with Gasteiger partial charge >= 0.3 is 0 Å². The van der Waals surface area contributed by atoms with Gasteiger partial charge in [0.2, 0.25) is 0 Å². The molecule has 1 aromatic rings. The Balaban J connectivity index is 2.23. The van der Waals surface area contributed by atoms with E-state index in [4.69, 9.17) is 9.47 Å². The van der Waals surface area contributed by atoms with Crippen molar-refractivity contribution in [3.63, 3.8) is 0 Å². The van der Waals surface area contributed by atoms with E-state index in [-0.39, 0.29) is 5.91 Å². The number of nitriles is 1. The highest BCUT2D eigenvalue weighted by Crippen LogP contribution is 2.37. The number of hydrogen-bond acceptors (Lipinski definition) is 4. The zero-order chi connectivity index (χ0) is 17.6. The van der Waals surface area contributed by atoms with Crippen LogP contribution in [0.4, 0.5) is 0 Å². The molecule has 0 N–H and O–H groups in total. The molecule has 2 rings (SSSR count). The molecular formula is C19H26N2O3. The quantitative estimate of drug-likeness (QED) is 0.727. The highest BCUT2D eigenvalue weighted by atomic mass is 16.5. The van der Waals surface area contributed by atoms with Crippen molar-refractivity contribution in [1.29, 1.82) is 5.26 Å². The van der Waals surface area contributed by atoms with Crippen LogP contribution in [0, 0.1) is 11.3 Å². The topological polar surface area (TPSA) is 62.6 Å². The third-order valence-corrected chi connectivity index (χ3v) is 4.45. The van der Waals surface area contributed by atoms with Gasteiger partial charge in [0.15, 0.2) is 11.5 Å². The van der Waals surface area contributed by atoms with Crippen LogP contribution in [0.5, 0.6) is 11.5 Å². The first-order chi connectivity index (χ1) is 11.6. The molecule has 0 aliphatic heterocycles. The van der Waals surface area contributed by atoms with Crippen molar-refractivity contribution in [3.05, 3.63) is 23.8 Å².